The van der Waals surface area contributed by atoms with Gasteiger partial charge in [0.05, 0.1) is 49.2 Å². The number of hydrogen-bond donors (Lipinski definition) is 3. The van der Waals surface area contributed by atoms with E-state index in [1.165, 1.54) is 55.3 Å². The molecule has 0 aliphatic carbocycles. The smallest absolute Gasteiger partial charge is 0.291 e. The van der Waals surface area contributed by atoms with Gasteiger partial charge in [0.25, 0.3) is 11.8 Å². The molecule has 224 valence electrons. The molecule has 3 aromatic rings. The highest BCUT2D eigenvalue weighted by Gasteiger charge is 2.28. The van der Waals surface area contributed by atoms with Crippen LogP contribution in [0.2, 0.25) is 5.02 Å². The molecule has 0 saturated carbocycles. The molecular formula is C28H31ClF2N6O5. The Kier molecular flexibility index (Phi) is 10.1. The second kappa shape index (κ2) is 13.7. The molecule has 11 nitrogen and oxygen atoms in total. The molecule has 2 heterocycles. The lowest BCUT2D eigenvalue weighted by atomic mass is 10.1. The molecule has 0 bridgehead atoms. The maximum Gasteiger partial charge on any atom is 0.291 e. The predicted molar refractivity (Wildman–Crippen MR) is 151 cm³/mol. The minimum absolute atomic E-state index is 0.0528. The number of benzene rings is 2. The molecule has 1 aromatic heterocycles. The van der Waals surface area contributed by atoms with E-state index in [2.05, 4.69) is 15.6 Å². The van der Waals surface area contributed by atoms with Gasteiger partial charge in [-0.2, -0.15) is 4.39 Å². The average molecular weight is 605 g/mol. The molecule has 1 unspecified atom stereocenters. The summed E-state index contributed by atoms with van der Waals surface area (Å²) in [5.41, 5.74) is 5.95. The summed E-state index contributed by atoms with van der Waals surface area (Å²) in [5, 5.41) is 5.64. The highest BCUT2D eigenvalue weighted by atomic mass is 35.5. The number of amides is 3. The summed E-state index contributed by atoms with van der Waals surface area (Å²) in [4.78, 5) is 43.9. The Morgan fingerprint density at radius 3 is 2.64 bits per heavy atom. The molecule has 1 aliphatic heterocycles. The fourth-order valence-electron chi connectivity index (χ4n) is 4.59. The second-order valence-corrected chi connectivity index (χ2v) is 9.98. The standard InChI is InChI=1S/C28H31ClF2N6O5/c1-36-21(19-5-6-22(41-2)25(31)24(19)30)14-33-26(36)28(40)34-16-3-4-18(20(29)13-16)27(39)35-17-7-10-37(15-17)23(38)8-11-42-12-9-32/h3-6,13-14,17H,7-12,15,32H2,1-2H3,(H,34,40)(H,35,39). The number of anilines is 1. The van der Waals surface area contributed by atoms with Crippen molar-refractivity contribution in [3.63, 3.8) is 0 Å². The van der Waals surface area contributed by atoms with E-state index in [4.69, 9.17) is 26.8 Å². The van der Waals surface area contributed by atoms with Crippen molar-refractivity contribution in [1.82, 2.24) is 19.8 Å². The fourth-order valence-corrected chi connectivity index (χ4v) is 4.86. The SMILES string of the molecule is COc1ccc(-c2cnc(C(=O)Nc3ccc(C(=O)NC4CCN(C(=O)CCOCCN)C4)c(Cl)c3)n2C)c(F)c1F. The Hall–Kier alpha value is -4.07. The van der Waals surface area contributed by atoms with Gasteiger partial charge in [-0.15, -0.1) is 0 Å². The summed E-state index contributed by atoms with van der Waals surface area (Å²) in [5.74, 6) is -3.68. The van der Waals surface area contributed by atoms with E-state index in [0.29, 0.717) is 45.0 Å². The molecule has 3 amide bonds. The van der Waals surface area contributed by atoms with E-state index in [0.717, 1.165) is 0 Å². The quantitative estimate of drug-likeness (QED) is 0.286. The zero-order valence-electron chi connectivity index (χ0n) is 23.1. The number of imidazole rings is 1. The molecule has 2 aromatic carbocycles. The van der Waals surface area contributed by atoms with Crippen molar-refractivity contribution < 1.29 is 32.6 Å². The summed E-state index contributed by atoms with van der Waals surface area (Å²) in [6.07, 6.45) is 2.11. The van der Waals surface area contributed by atoms with Gasteiger partial charge >= 0.3 is 0 Å². The van der Waals surface area contributed by atoms with Crippen LogP contribution in [0.3, 0.4) is 0 Å². The molecule has 0 spiro atoms. The largest absolute Gasteiger partial charge is 0.494 e. The van der Waals surface area contributed by atoms with Crippen molar-refractivity contribution >= 4 is 35.0 Å². The maximum absolute atomic E-state index is 14.6. The number of likely N-dealkylation sites (tertiary alicyclic amines) is 1. The third kappa shape index (κ3) is 6.86. The average Bonchev–Trinajstić information content (AvgIpc) is 3.59. The normalized spacial score (nSPS) is 14.6. The molecule has 1 atom stereocenters. The minimum Gasteiger partial charge on any atom is -0.494 e. The summed E-state index contributed by atoms with van der Waals surface area (Å²) in [6, 6.07) is 6.78. The van der Waals surface area contributed by atoms with Gasteiger partial charge < -0.3 is 35.3 Å². The van der Waals surface area contributed by atoms with Crippen LogP contribution in [0.4, 0.5) is 14.5 Å². The van der Waals surface area contributed by atoms with Crippen LogP contribution >= 0.6 is 11.6 Å². The molecular weight excluding hydrogens is 574 g/mol. The Morgan fingerprint density at radius 2 is 1.93 bits per heavy atom. The van der Waals surface area contributed by atoms with Crippen LogP contribution in [-0.2, 0) is 16.6 Å². The first-order valence-corrected chi connectivity index (χ1v) is 13.5. The molecule has 0 radical (unpaired) electrons. The van der Waals surface area contributed by atoms with E-state index < -0.39 is 23.4 Å². The van der Waals surface area contributed by atoms with Gasteiger partial charge in [-0.1, -0.05) is 11.6 Å². The van der Waals surface area contributed by atoms with E-state index in [9.17, 15) is 23.2 Å². The first-order chi connectivity index (χ1) is 20.1. The van der Waals surface area contributed by atoms with Crippen molar-refractivity contribution in [2.75, 3.05) is 45.3 Å². The lowest BCUT2D eigenvalue weighted by Gasteiger charge is -2.17. The summed E-state index contributed by atoms with van der Waals surface area (Å²) >= 11 is 6.37. The zero-order valence-corrected chi connectivity index (χ0v) is 23.8. The number of aromatic nitrogens is 2. The molecule has 1 saturated heterocycles. The van der Waals surface area contributed by atoms with Crippen LogP contribution in [0.15, 0.2) is 36.5 Å². The van der Waals surface area contributed by atoms with Gasteiger partial charge in [-0.25, -0.2) is 9.37 Å². The molecule has 1 aliphatic rings. The number of carbonyl (C=O) groups excluding carboxylic acids is 3. The topological polar surface area (TPSA) is 141 Å². The molecule has 42 heavy (non-hydrogen) atoms. The van der Waals surface area contributed by atoms with Crippen LogP contribution in [0.25, 0.3) is 11.3 Å². The Morgan fingerprint density at radius 1 is 1.14 bits per heavy atom. The Labute approximate surface area is 245 Å². The third-order valence-electron chi connectivity index (χ3n) is 6.80. The van der Waals surface area contributed by atoms with Crippen molar-refractivity contribution in [3.8, 4) is 17.0 Å². The lowest BCUT2D eigenvalue weighted by Crippen LogP contribution is -2.38. The second-order valence-electron chi connectivity index (χ2n) is 9.57. The van der Waals surface area contributed by atoms with Crippen LogP contribution < -0.4 is 21.1 Å². The number of halogens is 3. The van der Waals surface area contributed by atoms with Crippen LogP contribution in [0.5, 0.6) is 5.75 Å². The number of ether oxygens (including phenoxy) is 2. The van der Waals surface area contributed by atoms with Gasteiger partial charge in [-0.05, 0) is 36.8 Å². The van der Waals surface area contributed by atoms with Gasteiger partial charge in [-0.3, -0.25) is 14.4 Å². The maximum atomic E-state index is 14.6. The van der Waals surface area contributed by atoms with Crippen molar-refractivity contribution in [2.45, 2.75) is 18.9 Å². The third-order valence-corrected chi connectivity index (χ3v) is 7.12. The summed E-state index contributed by atoms with van der Waals surface area (Å²) in [7, 11) is 2.72. The first kappa shape index (κ1) is 30.9. The van der Waals surface area contributed by atoms with Crippen LogP contribution in [0.1, 0.15) is 33.8 Å². The van der Waals surface area contributed by atoms with Crippen LogP contribution in [0, 0.1) is 11.6 Å². The van der Waals surface area contributed by atoms with Crippen molar-refractivity contribution in [3.05, 3.63) is 64.6 Å². The summed E-state index contributed by atoms with van der Waals surface area (Å²) in [6.45, 7) is 1.99. The van der Waals surface area contributed by atoms with E-state index in [-0.39, 0.29) is 51.8 Å². The molecule has 4 rings (SSSR count). The van der Waals surface area contributed by atoms with E-state index in [1.807, 2.05) is 0 Å². The summed E-state index contributed by atoms with van der Waals surface area (Å²) < 4.78 is 40.2. The monoisotopic (exact) mass is 604 g/mol. The van der Waals surface area contributed by atoms with Gasteiger partial charge in [0.15, 0.2) is 17.4 Å². The molecule has 1 fully saturated rings. The number of carbonyl (C=O) groups is 3. The number of rotatable bonds is 11. The number of nitrogens with two attached hydrogens (primary N) is 1. The zero-order chi connectivity index (χ0) is 30.4. The number of methoxy groups -OCH3 is 1. The highest BCUT2D eigenvalue weighted by Crippen LogP contribution is 2.30. The highest BCUT2D eigenvalue weighted by molar-refractivity contribution is 6.34. The molecule has 4 N–H and O–H groups in total. The van der Waals surface area contributed by atoms with E-state index >= 15 is 0 Å². The fraction of sp³-hybridized carbons (Fsp3) is 0.357. The van der Waals surface area contributed by atoms with Gasteiger partial charge in [0, 0.05) is 44.0 Å². The molecule has 14 heteroatoms. The van der Waals surface area contributed by atoms with Gasteiger partial charge in [0.2, 0.25) is 11.7 Å². The number of hydrogen-bond acceptors (Lipinski definition) is 7. The predicted octanol–water partition coefficient (Wildman–Crippen LogP) is 2.98. The lowest BCUT2D eigenvalue weighted by molar-refractivity contribution is -0.131. The van der Waals surface area contributed by atoms with Gasteiger partial charge in [0.1, 0.15) is 0 Å². The number of nitrogens with one attached hydrogen (secondary N) is 2. The number of nitrogens with zero attached hydrogens (tertiary/aromatic N) is 3. The Balaban J connectivity index is 1.36. The van der Waals surface area contributed by atoms with E-state index in [1.54, 1.807) is 4.90 Å². The Bertz CT molecular complexity index is 1480. The first-order valence-electron chi connectivity index (χ1n) is 13.2. The minimum atomic E-state index is -1.15. The van der Waals surface area contributed by atoms with Crippen molar-refractivity contribution in [1.29, 1.82) is 0 Å². The van der Waals surface area contributed by atoms with Crippen molar-refractivity contribution in [2.24, 2.45) is 12.8 Å². The van der Waals surface area contributed by atoms with Crippen LogP contribution in [-0.4, -0.2) is 78.2 Å².